The van der Waals surface area contributed by atoms with Gasteiger partial charge in [0.05, 0.1) is 18.1 Å². The first-order valence-corrected chi connectivity index (χ1v) is 6.87. The van der Waals surface area contributed by atoms with Crippen molar-refractivity contribution in [1.29, 1.82) is 0 Å². The second-order valence-corrected chi connectivity index (χ2v) is 5.59. The maximum atomic E-state index is 12.3. The van der Waals surface area contributed by atoms with E-state index >= 15 is 0 Å². The Labute approximate surface area is 120 Å². The zero-order valence-corrected chi connectivity index (χ0v) is 11.3. The topological polar surface area (TPSA) is 78.5 Å². The minimum absolute atomic E-state index is 0.324. The lowest BCUT2D eigenvalue weighted by Gasteiger charge is -2.27. The number of ether oxygens (including phenoxy) is 1. The molecular formula is C14H13ClNO4-. The Morgan fingerprint density at radius 1 is 1.15 bits per heavy atom. The molecule has 0 aliphatic carbocycles. The number of anilines is 1. The second kappa shape index (κ2) is 5.07. The van der Waals surface area contributed by atoms with Gasteiger partial charge in [0.25, 0.3) is 0 Å². The molecule has 2 fully saturated rings. The lowest BCUT2D eigenvalue weighted by Crippen LogP contribution is -2.46. The summed E-state index contributed by atoms with van der Waals surface area (Å²) in [6, 6.07) is 6.65. The van der Waals surface area contributed by atoms with Crippen molar-refractivity contribution in [3.8, 4) is 0 Å². The number of carbonyl (C=O) groups is 2. The minimum atomic E-state index is -1.21. The van der Waals surface area contributed by atoms with Gasteiger partial charge in [-0.1, -0.05) is 11.6 Å². The molecule has 6 heteroatoms. The first-order chi connectivity index (χ1) is 9.56. The highest BCUT2D eigenvalue weighted by atomic mass is 35.5. The summed E-state index contributed by atoms with van der Waals surface area (Å²) in [5, 5.41) is 14.5. The van der Waals surface area contributed by atoms with Gasteiger partial charge in [-0.2, -0.15) is 0 Å². The molecule has 0 saturated carbocycles. The van der Waals surface area contributed by atoms with Gasteiger partial charge in [-0.3, -0.25) is 4.79 Å². The number of rotatable bonds is 3. The van der Waals surface area contributed by atoms with Gasteiger partial charge >= 0.3 is 0 Å². The molecule has 2 aliphatic heterocycles. The SMILES string of the molecule is O=C(Nc1ccc(Cl)cc1)[C@@H]1[C@H](C(=O)[O-])[C@@H]2CC[C@H]1O2. The number of hydrogen-bond donors (Lipinski definition) is 1. The fraction of sp³-hybridized carbons (Fsp3) is 0.429. The predicted octanol–water partition coefficient (Wildman–Crippen LogP) is 0.822. The van der Waals surface area contributed by atoms with Crippen LogP contribution in [0.3, 0.4) is 0 Å². The smallest absolute Gasteiger partial charge is 0.230 e. The number of nitrogens with one attached hydrogen (secondary N) is 1. The van der Waals surface area contributed by atoms with Crippen LogP contribution in [0.15, 0.2) is 24.3 Å². The number of halogens is 1. The van der Waals surface area contributed by atoms with Crippen molar-refractivity contribution in [2.75, 3.05) is 5.32 Å². The van der Waals surface area contributed by atoms with Crippen LogP contribution >= 0.6 is 11.6 Å². The van der Waals surface area contributed by atoms with Gasteiger partial charge in [-0.25, -0.2) is 0 Å². The van der Waals surface area contributed by atoms with E-state index in [4.69, 9.17) is 16.3 Å². The van der Waals surface area contributed by atoms with Gasteiger partial charge in [0.1, 0.15) is 0 Å². The third-order valence-corrected chi connectivity index (χ3v) is 4.21. The van der Waals surface area contributed by atoms with Crippen molar-refractivity contribution in [3.63, 3.8) is 0 Å². The van der Waals surface area contributed by atoms with E-state index in [2.05, 4.69) is 5.32 Å². The molecule has 2 bridgehead atoms. The van der Waals surface area contributed by atoms with Crippen molar-refractivity contribution >= 4 is 29.2 Å². The van der Waals surface area contributed by atoms with E-state index in [1.54, 1.807) is 24.3 Å². The van der Waals surface area contributed by atoms with Crippen molar-refractivity contribution in [1.82, 2.24) is 0 Å². The minimum Gasteiger partial charge on any atom is -0.550 e. The number of fused-ring (bicyclic) bond motifs is 2. The van der Waals surface area contributed by atoms with Gasteiger partial charge in [-0.15, -0.1) is 0 Å². The van der Waals surface area contributed by atoms with Crippen molar-refractivity contribution in [2.45, 2.75) is 25.0 Å². The highest BCUT2D eigenvalue weighted by Gasteiger charge is 2.52. The Morgan fingerprint density at radius 2 is 1.75 bits per heavy atom. The maximum Gasteiger partial charge on any atom is 0.230 e. The van der Waals surface area contributed by atoms with Crippen LogP contribution < -0.4 is 10.4 Å². The van der Waals surface area contributed by atoms with Crippen molar-refractivity contribution in [2.24, 2.45) is 11.8 Å². The molecule has 4 atom stereocenters. The van der Waals surface area contributed by atoms with Crippen LogP contribution in [-0.4, -0.2) is 24.1 Å². The Balaban J connectivity index is 1.76. The molecule has 2 aliphatic rings. The fourth-order valence-electron chi connectivity index (χ4n) is 3.07. The van der Waals surface area contributed by atoms with E-state index in [0.717, 1.165) is 0 Å². The molecule has 1 N–H and O–H groups in total. The number of carboxylic acids is 1. The third-order valence-electron chi connectivity index (χ3n) is 3.96. The molecule has 0 unspecified atom stereocenters. The molecule has 20 heavy (non-hydrogen) atoms. The number of amides is 1. The molecule has 2 heterocycles. The molecule has 2 saturated heterocycles. The van der Waals surface area contributed by atoms with Crippen LogP contribution in [0.2, 0.25) is 5.02 Å². The average molecular weight is 295 g/mol. The van der Waals surface area contributed by atoms with E-state index < -0.39 is 23.9 Å². The first kappa shape index (κ1) is 13.4. The average Bonchev–Trinajstić information content (AvgIpc) is 3.01. The van der Waals surface area contributed by atoms with Crippen LogP contribution in [0, 0.1) is 11.8 Å². The second-order valence-electron chi connectivity index (χ2n) is 5.16. The quantitative estimate of drug-likeness (QED) is 0.895. The molecule has 1 amide bonds. The normalized spacial score (nSPS) is 31.2. The summed E-state index contributed by atoms with van der Waals surface area (Å²) >= 11 is 5.77. The van der Waals surface area contributed by atoms with Crippen LogP contribution in [0.25, 0.3) is 0 Å². The number of carboxylic acid groups (broad SMARTS) is 1. The lowest BCUT2D eigenvalue weighted by atomic mass is 9.78. The summed E-state index contributed by atoms with van der Waals surface area (Å²) in [6.45, 7) is 0. The Hall–Kier alpha value is -1.59. The monoisotopic (exact) mass is 294 g/mol. The summed E-state index contributed by atoms with van der Waals surface area (Å²) in [5.41, 5.74) is 0.583. The Morgan fingerprint density at radius 3 is 2.35 bits per heavy atom. The molecule has 1 aromatic carbocycles. The zero-order chi connectivity index (χ0) is 14.3. The van der Waals surface area contributed by atoms with Crippen molar-refractivity contribution in [3.05, 3.63) is 29.3 Å². The zero-order valence-electron chi connectivity index (χ0n) is 10.5. The molecule has 0 spiro atoms. The standard InChI is InChI=1S/C14H14ClNO4/c15-7-1-3-8(4-2-7)16-13(17)11-9-5-6-10(20-9)12(11)14(18)19/h1-4,9-12H,5-6H2,(H,16,17)(H,18,19)/p-1/t9-,10+,11+,12-/m1/s1. The summed E-state index contributed by atoms with van der Waals surface area (Å²) in [6.07, 6.45) is 0.669. The number of carbonyl (C=O) groups excluding carboxylic acids is 2. The molecule has 1 aromatic rings. The van der Waals surface area contributed by atoms with E-state index in [-0.39, 0.29) is 12.0 Å². The largest absolute Gasteiger partial charge is 0.550 e. The summed E-state index contributed by atoms with van der Waals surface area (Å²) in [4.78, 5) is 23.5. The molecular weight excluding hydrogens is 282 g/mol. The van der Waals surface area contributed by atoms with E-state index in [1.165, 1.54) is 0 Å². The van der Waals surface area contributed by atoms with Crippen LogP contribution in [-0.2, 0) is 14.3 Å². The van der Waals surface area contributed by atoms with Crippen LogP contribution in [0.1, 0.15) is 12.8 Å². The molecule has 0 aromatic heterocycles. The maximum absolute atomic E-state index is 12.3. The summed E-state index contributed by atoms with van der Waals surface area (Å²) in [7, 11) is 0. The lowest BCUT2D eigenvalue weighted by molar-refractivity contribution is -0.313. The molecule has 5 nitrogen and oxygen atoms in total. The highest BCUT2D eigenvalue weighted by molar-refractivity contribution is 6.30. The first-order valence-electron chi connectivity index (χ1n) is 6.49. The summed E-state index contributed by atoms with van der Waals surface area (Å²) in [5.74, 6) is -3.10. The van der Waals surface area contributed by atoms with Gasteiger partial charge < -0.3 is 20.0 Å². The number of hydrogen-bond acceptors (Lipinski definition) is 4. The van der Waals surface area contributed by atoms with E-state index in [0.29, 0.717) is 23.6 Å². The third kappa shape index (κ3) is 2.27. The number of aliphatic carboxylic acids is 1. The molecule has 3 rings (SSSR count). The predicted molar refractivity (Wildman–Crippen MR) is 70.0 cm³/mol. The Bertz CT molecular complexity index is 545. The van der Waals surface area contributed by atoms with Gasteiger partial charge in [-0.05, 0) is 37.1 Å². The summed E-state index contributed by atoms with van der Waals surface area (Å²) < 4.78 is 5.53. The highest BCUT2D eigenvalue weighted by Crippen LogP contribution is 2.43. The van der Waals surface area contributed by atoms with Gasteiger partial charge in [0.15, 0.2) is 0 Å². The van der Waals surface area contributed by atoms with E-state index in [1.807, 2.05) is 0 Å². The molecule has 106 valence electrons. The van der Waals surface area contributed by atoms with Crippen LogP contribution in [0.5, 0.6) is 0 Å². The number of benzene rings is 1. The fourth-order valence-corrected chi connectivity index (χ4v) is 3.20. The van der Waals surface area contributed by atoms with E-state index in [9.17, 15) is 14.7 Å². The molecule has 0 radical (unpaired) electrons. The van der Waals surface area contributed by atoms with Crippen LogP contribution in [0.4, 0.5) is 5.69 Å². The van der Waals surface area contributed by atoms with Gasteiger partial charge in [0.2, 0.25) is 5.91 Å². The van der Waals surface area contributed by atoms with Crippen molar-refractivity contribution < 1.29 is 19.4 Å². The Kier molecular flexibility index (Phi) is 3.40. The van der Waals surface area contributed by atoms with Gasteiger partial charge in [0, 0.05) is 22.6 Å².